The maximum absolute atomic E-state index is 13.8. The molecule has 4 aromatic carbocycles. The monoisotopic (exact) mass is 842 g/mol. The van der Waals surface area contributed by atoms with E-state index in [0.717, 1.165) is 38.4 Å². The number of halogens is 2. The summed E-state index contributed by atoms with van der Waals surface area (Å²) in [5.41, 5.74) is 4.93. The summed E-state index contributed by atoms with van der Waals surface area (Å²) in [6, 6.07) is 40.7. The number of carbonyl (C=O) groups is 2. The first-order valence-corrected chi connectivity index (χ1v) is 20.6. The molecule has 9 nitrogen and oxygen atoms in total. The quantitative estimate of drug-likeness (QED) is 0.133. The number of rotatable bonds is 9. The van der Waals surface area contributed by atoms with Gasteiger partial charge in [-0.25, -0.2) is 14.6 Å². The molecule has 0 radical (unpaired) electrons. The Kier molecular flexibility index (Phi) is 12.1. The normalized spacial score (nSPS) is 13.6. The molecule has 1 atom stereocenters. The summed E-state index contributed by atoms with van der Waals surface area (Å²) >= 11 is 13.0. The number of pyridine rings is 2. The Bertz CT molecular complexity index is 2360. The second kappa shape index (κ2) is 17.1. The maximum Gasteiger partial charge on any atom is 0.425 e. The highest BCUT2D eigenvalue weighted by molar-refractivity contribution is 6.33. The zero-order valence-corrected chi connectivity index (χ0v) is 36.3. The van der Waals surface area contributed by atoms with Gasteiger partial charge in [0.15, 0.2) is 11.6 Å². The first kappa shape index (κ1) is 42.4. The molecular formula is C49H48Cl2N4O5. The van der Waals surface area contributed by atoms with Gasteiger partial charge in [-0.1, -0.05) is 114 Å². The number of anilines is 1. The van der Waals surface area contributed by atoms with Gasteiger partial charge >= 0.3 is 12.2 Å². The van der Waals surface area contributed by atoms with Crippen molar-refractivity contribution in [2.24, 2.45) is 0 Å². The fraction of sp³-hybridized carbons (Fsp3) is 0.265. The van der Waals surface area contributed by atoms with Crippen LogP contribution in [0.5, 0.6) is 5.75 Å². The van der Waals surface area contributed by atoms with Gasteiger partial charge in [0.25, 0.3) is 0 Å². The molecule has 0 fully saturated rings. The zero-order valence-electron chi connectivity index (χ0n) is 34.8. The van der Waals surface area contributed by atoms with E-state index in [0.29, 0.717) is 34.3 Å². The number of nitrogens with zero attached hydrogens (tertiary/aromatic N) is 4. The van der Waals surface area contributed by atoms with Crippen molar-refractivity contribution in [2.45, 2.75) is 84.4 Å². The predicted octanol–water partition coefficient (Wildman–Crippen LogP) is 12.6. The van der Waals surface area contributed by atoms with Crippen molar-refractivity contribution in [3.8, 4) is 16.9 Å². The lowest BCUT2D eigenvalue weighted by molar-refractivity contribution is 0.0426. The van der Waals surface area contributed by atoms with Crippen molar-refractivity contribution in [1.82, 2.24) is 14.9 Å². The molecule has 1 aliphatic rings. The Labute approximate surface area is 361 Å². The molecule has 308 valence electrons. The molecule has 0 saturated heterocycles. The minimum absolute atomic E-state index is 0.103. The van der Waals surface area contributed by atoms with Crippen molar-refractivity contribution in [1.29, 1.82) is 0 Å². The molecule has 0 saturated carbocycles. The van der Waals surface area contributed by atoms with Gasteiger partial charge < -0.3 is 14.2 Å². The Morgan fingerprint density at radius 1 is 0.667 bits per heavy atom. The molecule has 60 heavy (non-hydrogen) atoms. The van der Waals surface area contributed by atoms with Gasteiger partial charge in [-0.3, -0.25) is 9.88 Å². The molecule has 0 bridgehead atoms. The summed E-state index contributed by atoms with van der Waals surface area (Å²) in [6.45, 7) is 13.2. The summed E-state index contributed by atoms with van der Waals surface area (Å²) in [7, 11) is 0. The lowest BCUT2D eigenvalue weighted by Crippen LogP contribution is -2.45. The second-order valence-corrected chi connectivity index (χ2v) is 17.6. The third kappa shape index (κ3) is 9.04. The van der Waals surface area contributed by atoms with Gasteiger partial charge in [-0.2, -0.15) is 4.90 Å². The minimum atomic E-state index is -0.978. The van der Waals surface area contributed by atoms with Crippen LogP contribution in [-0.4, -0.2) is 38.3 Å². The lowest BCUT2D eigenvalue weighted by atomic mass is 9.75. The summed E-state index contributed by atoms with van der Waals surface area (Å²) in [4.78, 5) is 40.7. The Balaban J connectivity index is 1.32. The van der Waals surface area contributed by atoms with Crippen molar-refractivity contribution < 1.29 is 23.8 Å². The largest absolute Gasteiger partial charge is 0.482 e. The van der Waals surface area contributed by atoms with E-state index in [1.165, 1.54) is 0 Å². The molecule has 2 aromatic heterocycles. The van der Waals surface area contributed by atoms with Crippen molar-refractivity contribution in [3.05, 3.63) is 177 Å². The van der Waals surface area contributed by atoms with Crippen molar-refractivity contribution in [2.75, 3.05) is 4.90 Å². The van der Waals surface area contributed by atoms with E-state index in [1.54, 1.807) is 78.9 Å². The number of imide groups is 1. The summed E-state index contributed by atoms with van der Waals surface area (Å²) in [6.07, 6.45) is 0.746. The van der Waals surface area contributed by atoms with Gasteiger partial charge in [0.05, 0.1) is 11.2 Å². The van der Waals surface area contributed by atoms with Crippen molar-refractivity contribution in [3.63, 3.8) is 0 Å². The van der Waals surface area contributed by atoms with E-state index < -0.39 is 35.0 Å². The minimum Gasteiger partial charge on any atom is -0.482 e. The van der Waals surface area contributed by atoms with Crippen LogP contribution in [0.1, 0.15) is 88.1 Å². The smallest absolute Gasteiger partial charge is 0.425 e. The van der Waals surface area contributed by atoms with Gasteiger partial charge in [-0.15, -0.1) is 0 Å². The summed E-state index contributed by atoms with van der Waals surface area (Å²) in [5.74, 6) is -0.0166. The van der Waals surface area contributed by atoms with Crippen LogP contribution in [0.3, 0.4) is 0 Å². The predicted molar refractivity (Wildman–Crippen MR) is 236 cm³/mol. The number of hydrogen-bond acceptors (Lipinski definition) is 8. The van der Waals surface area contributed by atoms with E-state index in [1.807, 2.05) is 24.4 Å². The number of benzene rings is 4. The Hall–Kier alpha value is -5.74. The molecule has 0 N–H and O–H groups in total. The van der Waals surface area contributed by atoms with Crippen molar-refractivity contribution >= 4 is 41.2 Å². The molecule has 1 aliphatic heterocycles. The highest BCUT2D eigenvalue weighted by Gasteiger charge is 2.45. The van der Waals surface area contributed by atoms with Gasteiger partial charge in [0.2, 0.25) is 0 Å². The third-order valence-corrected chi connectivity index (χ3v) is 10.6. The average molecular weight is 844 g/mol. The second-order valence-electron chi connectivity index (χ2n) is 16.8. The highest BCUT2D eigenvalue weighted by atomic mass is 35.5. The Morgan fingerprint density at radius 3 is 1.68 bits per heavy atom. The molecule has 6 aromatic rings. The van der Waals surface area contributed by atoms with Crippen LogP contribution in [0.4, 0.5) is 15.4 Å². The SMILES string of the molecule is CC(Oc1cc(-c2cnc3c(c2)CN(C(c2ccccc2)(c2ccccc2)c2ccccc2)C3)cnc1N(C(=O)OC(C)(C)C)C(=O)OC(C)(C)C)c1cc(Cl)ccc1Cl. The number of carbonyl (C=O) groups excluding carboxylic acids is 2. The highest BCUT2D eigenvalue weighted by Crippen LogP contribution is 2.47. The fourth-order valence-corrected chi connectivity index (χ4v) is 7.99. The van der Waals surface area contributed by atoms with E-state index in [2.05, 4.69) is 83.8 Å². The Morgan fingerprint density at radius 2 is 1.17 bits per heavy atom. The molecule has 0 aliphatic carbocycles. The van der Waals surface area contributed by atoms with Gasteiger partial charge in [0.1, 0.15) is 17.3 Å². The maximum atomic E-state index is 13.8. The van der Waals surface area contributed by atoms with Crippen LogP contribution in [0.2, 0.25) is 10.0 Å². The van der Waals surface area contributed by atoms with Gasteiger partial charge in [0, 0.05) is 52.2 Å². The molecule has 0 spiro atoms. The first-order valence-electron chi connectivity index (χ1n) is 19.8. The van der Waals surface area contributed by atoms with E-state index in [9.17, 15) is 9.59 Å². The summed E-state index contributed by atoms with van der Waals surface area (Å²) in [5, 5.41) is 0.897. The summed E-state index contributed by atoms with van der Waals surface area (Å²) < 4.78 is 18.0. The van der Waals surface area contributed by atoms with E-state index >= 15 is 0 Å². The molecule has 1 unspecified atom stereocenters. The van der Waals surface area contributed by atoms with Gasteiger partial charge in [-0.05, 0) is 101 Å². The topological polar surface area (TPSA) is 94.1 Å². The third-order valence-electron chi connectivity index (χ3n) is 10.0. The van der Waals surface area contributed by atoms with Crippen LogP contribution < -0.4 is 9.64 Å². The standard InChI is InChI=1S/C49H48Cl2N4O5/c1-32(40-27-39(50)23-24-41(40)51)58-43-26-34(29-53-44(43)55(45(56)59-47(2,3)4)46(57)60-48(5,6)7)33-25-35-30-54(31-42(35)52-28-33)49(36-17-11-8-12-18-36,37-19-13-9-14-20-37)38-21-15-10-16-22-38/h8-29,32H,30-31H2,1-7H3. The average Bonchev–Trinajstić information content (AvgIpc) is 3.63. The van der Waals surface area contributed by atoms with Crippen LogP contribution in [-0.2, 0) is 28.1 Å². The molecule has 3 heterocycles. The van der Waals surface area contributed by atoms with Crippen LogP contribution >= 0.6 is 23.2 Å². The number of aromatic nitrogens is 2. The van der Waals surface area contributed by atoms with Crippen LogP contribution in [0.25, 0.3) is 11.1 Å². The zero-order chi connectivity index (χ0) is 42.8. The van der Waals surface area contributed by atoms with E-state index in [4.69, 9.17) is 47.4 Å². The molecular weight excluding hydrogens is 795 g/mol. The molecule has 7 rings (SSSR count). The number of hydrogen-bond donors (Lipinski definition) is 0. The number of amides is 2. The number of fused-ring (bicyclic) bond motifs is 1. The number of ether oxygens (including phenoxy) is 3. The molecule has 2 amide bonds. The molecule has 11 heteroatoms. The fourth-order valence-electron chi connectivity index (χ4n) is 7.53. The first-order chi connectivity index (χ1) is 28.5. The lowest BCUT2D eigenvalue weighted by Gasteiger charge is -2.43. The van der Waals surface area contributed by atoms with E-state index in [-0.39, 0.29) is 11.6 Å². The van der Waals surface area contributed by atoms with Crippen LogP contribution in [0, 0.1) is 0 Å². The van der Waals surface area contributed by atoms with Crippen LogP contribution in [0.15, 0.2) is 134 Å².